The van der Waals surface area contributed by atoms with E-state index in [-0.39, 0.29) is 0 Å². The molecule has 0 aromatic rings. The molecule has 0 amide bonds. The van der Waals surface area contributed by atoms with Crippen LogP contribution in [0.25, 0.3) is 0 Å². The standard InChI is InChI=1S/C11H22N/c1-9(2)12-7-4-5-11(12)10(3)6-8-12/h9-11H,4-8H2,1-3H3/q+1. The van der Waals surface area contributed by atoms with Crippen molar-refractivity contribution in [1.29, 1.82) is 0 Å². The number of hydrogen-bond acceptors (Lipinski definition) is 0. The molecular formula is C11H22N+. The van der Waals surface area contributed by atoms with Gasteiger partial charge in [-0.15, -0.1) is 0 Å². The van der Waals surface area contributed by atoms with Crippen LogP contribution in [0.1, 0.15) is 40.0 Å². The van der Waals surface area contributed by atoms with Crippen molar-refractivity contribution in [2.45, 2.75) is 52.1 Å². The molecule has 3 unspecified atom stereocenters. The topological polar surface area (TPSA) is 0 Å². The molecular weight excluding hydrogens is 146 g/mol. The number of quaternary nitrogens is 1. The second-order valence-corrected chi connectivity index (χ2v) is 5.12. The van der Waals surface area contributed by atoms with Gasteiger partial charge in [-0.25, -0.2) is 0 Å². The van der Waals surface area contributed by atoms with Gasteiger partial charge in [-0.05, 0) is 13.8 Å². The summed E-state index contributed by atoms with van der Waals surface area (Å²) in [5, 5.41) is 0. The van der Waals surface area contributed by atoms with Gasteiger partial charge in [-0.1, -0.05) is 6.92 Å². The Balaban J connectivity index is 2.23. The van der Waals surface area contributed by atoms with Crippen LogP contribution in [0, 0.1) is 5.92 Å². The highest BCUT2D eigenvalue weighted by atomic mass is 15.4. The second-order valence-electron chi connectivity index (χ2n) is 5.12. The lowest BCUT2D eigenvalue weighted by Gasteiger charge is -2.39. The first kappa shape index (κ1) is 8.55. The Hall–Kier alpha value is -0.0400. The summed E-state index contributed by atoms with van der Waals surface area (Å²) in [6.45, 7) is 10.2. The van der Waals surface area contributed by atoms with Gasteiger partial charge in [0.15, 0.2) is 0 Å². The van der Waals surface area contributed by atoms with Gasteiger partial charge in [0.05, 0.1) is 25.2 Å². The third kappa shape index (κ3) is 0.953. The first-order valence-corrected chi connectivity index (χ1v) is 5.53. The van der Waals surface area contributed by atoms with Crippen LogP contribution >= 0.6 is 0 Å². The quantitative estimate of drug-likeness (QED) is 0.527. The van der Waals surface area contributed by atoms with Crippen molar-refractivity contribution in [1.82, 2.24) is 0 Å². The van der Waals surface area contributed by atoms with E-state index >= 15 is 0 Å². The summed E-state index contributed by atoms with van der Waals surface area (Å²) in [4.78, 5) is 0. The summed E-state index contributed by atoms with van der Waals surface area (Å²) in [5.74, 6) is 0.995. The first-order chi connectivity index (χ1) is 5.67. The Bertz CT molecular complexity index is 176. The van der Waals surface area contributed by atoms with Gasteiger partial charge in [-0.3, -0.25) is 0 Å². The molecule has 2 aliphatic rings. The second kappa shape index (κ2) is 2.73. The molecule has 0 radical (unpaired) electrons. The van der Waals surface area contributed by atoms with Gasteiger partial charge in [0.25, 0.3) is 0 Å². The maximum atomic E-state index is 2.46. The maximum Gasteiger partial charge on any atom is 0.0922 e. The normalized spacial score (nSPS) is 47.0. The molecule has 2 aliphatic heterocycles. The van der Waals surface area contributed by atoms with Crippen molar-refractivity contribution in [2.75, 3.05) is 13.1 Å². The largest absolute Gasteiger partial charge is 0.319 e. The van der Waals surface area contributed by atoms with Gasteiger partial charge >= 0.3 is 0 Å². The molecule has 1 heteroatoms. The van der Waals surface area contributed by atoms with Crippen LogP contribution < -0.4 is 0 Å². The lowest BCUT2D eigenvalue weighted by molar-refractivity contribution is -0.948. The van der Waals surface area contributed by atoms with E-state index in [1.165, 1.54) is 36.8 Å². The Kier molecular flexibility index (Phi) is 1.95. The van der Waals surface area contributed by atoms with Crippen LogP contribution in [0.3, 0.4) is 0 Å². The molecule has 70 valence electrons. The predicted octanol–water partition coefficient (Wildman–Crippen LogP) is 2.41. The van der Waals surface area contributed by atoms with E-state index in [9.17, 15) is 0 Å². The molecule has 0 bridgehead atoms. The molecule has 0 saturated carbocycles. The monoisotopic (exact) mass is 168 g/mol. The van der Waals surface area contributed by atoms with Crippen molar-refractivity contribution in [2.24, 2.45) is 5.92 Å². The molecule has 2 fully saturated rings. The molecule has 1 nitrogen and oxygen atoms in total. The van der Waals surface area contributed by atoms with Crippen molar-refractivity contribution in [3.8, 4) is 0 Å². The van der Waals surface area contributed by atoms with Crippen LogP contribution in [0.5, 0.6) is 0 Å². The fourth-order valence-electron chi connectivity index (χ4n) is 3.62. The van der Waals surface area contributed by atoms with Crippen molar-refractivity contribution in [3.63, 3.8) is 0 Å². The average Bonchev–Trinajstić information content (AvgIpc) is 2.53. The van der Waals surface area contributed by atoms with Crippen LogP contribution in [0.4, 0.5) is 0 Å². The molecule has 0 aliphatic carbocycles. The smallest absolute Gasteiger partial charge is 0.0922 e. The highest BCUT2D eigenvalue weighted by Gasteiger charge is 2.50. The molecule has 0 aromatic carbocycles. The fraction of sp³-hybridized carbons (Fsp3) is 1.00. The SMILES string of the molecule is CC1CC[N+]2(C(C)C)CCCC12. The Labute approximate surface area is 76.3 Å². The number of fused-ring (bicyclic) bond motifs is 1. The van der Waals surface area contributed by atoms with E-state index < -0.39 is 0 Å². The minimum absolute atomic E-state index is 0.863. The summed E-state index contributed by atoms with van der Waals surface area (Å²) in [6, 6.07) is 1.88. The highest BCUT2D eigenvalue weighted by Crippen LogP contribution is 2.41. The van der Waals surface area contributed by atoms with Crippen LogP contribution in [0.2, 0.25) is 0 Å². The zero-order valence-corrected chi connectivity index (χ0v) is 8.71. The zero-order chi connectivity index (χ0) is 8.77. The maximum absolute atomic E-state index is 2.46. The Morgan fingerprint density at radius 1 is 1.17 bits per heavy atom. The van der Waals surface area contributed by atoms with Gasteiger partial charge < -0.3 is 4.48 Å². The lowest BCUT2D eigenvalue weighted by Crippen LogP contribution is -2.53. The van der Waals surface area contributed by atoms with Crippen molar-refractivity contribution in [3.05, 3.63) is 0 Å². The van der Waals surface area contributed by atoms with Crippen LogP contribution in [-0.4, -0.2) is 29.7 Å². The minimum Gasteiger partial charge on any atom is -0.319 e. The van der Waals surface area contributed by atoms with E-state index in [2.05, 4.69) is 20.8 Å². The molecule has 2 heterocycles. The van der Waals surface area contributed by atoms with E-state index in [0.717, 1.165) is 18.0 Å². The third-order valence-electron chi connectivity index (χ3n) is 4.42. The summed E-state index contributed by atoms with van der Waals surface area (Å²) >= 11 is 0. The predicted molar refractivity (Wildman–Crippen MR) is 51.9 cm³/mol. The van der Waals surface area contributed by atoms with E-state index in [1.54, 1.807) is 0 Å². The zero-order valence-electron chi connectivity index (χ0n) is 8.71. The Morgan fingerprint density at radius 3 is 2.50 bits per heavy atom. The summed E-state index contributed by atoms with van der Waals surface area (Å²) in [5.41, 5.74) is 0. The van der Waals surface area contributed by atoms with Crippen molar-refractivity contribution < 1.29 is 4.48 Å². The van der Waals surface area contributed by atoms with Gasteiger partial charge in [0, 0.05) is 25.2 Å². The number of rotatable bonds is 1. The molecule has 3 atom stereocenters. The van der Waals surface area contributed by atoms with Gasteiger partial charge in [0.2, 0.25) is 0 Å². The number of hydrogen-bond donors (Lipinski definition) is 0. The molecule has 12 heavy (non-hydrogen) atoms. The average molecular weight is 168 g/mol. The highest BCUT2D eigenvalue weighted by molar-refractivity contribution is 4.81. The summed E-state index contributed by atoms with van der Waals surface area (Å²) in [6.07, 6.45) is 4.45. The first-order valence-electron chi connectivity index (χ1n) is 5.53. The molecule has 0 N–H and O–H groups in total. The molecule has 0 aromatic heterocycles. The Morgan fingerprint density at radius 2 is 1.92 bits per heavy atom. The van der Waals surface area contributed by atoms with Gasteiger partial charge in [-0.2, -0.15) is 0 Å². The lowest BCUT2D eigenvalue weighted by atomic mass is 10.0. The third-order valence-corrected chi connectivity index (χ3v) is 4.42. The number of nitrogens with zero attached hydrogens (tertiary/aromatic N) is 1. The minimum atomic E-state index is 0.863. The van der Waals surface area contributed by atoms with E-state index in [0.29, 0.717) is 0 Å². The molecule has 2 saturated heterocycles. The van der Waals surface area contributed by atoms with Crippen LogP contribution in [0.15, 0.2) is 0 Å². The van der Waals surface area contributed by atoms with Crippen LogP contribution in [-0.2, 0) is 0 Å². The fourth-order valence-corrected chi connectivity index (χ4v) is 3.62. The molecule has 2 rings (SSSR count). The summed E-state index contributed by atoms with van der Waals surface area (Å²) in [7, 11) is 0. The van der Waals surface area contributed by atoms with E-state index in [4.69, 9.17) is 0 Å². The molecule has 0 spiro atoms. The van der Waals surface area contributed by atoms with Gasteiger partial charge in [0.1, 0.15) is 0 Å². The summed E-state index contributed by atoms with van der Waals surface area (Å²) < 4.78 is 1.46. The van der Waals surface area contributed by atoms with E-state index in [1.807, 2.05) is 0 Å². The van der Waals surface area contributed by atoms with Crippen molar-refractivity contribution >= 4 is 0 Å².